The van der Waals surface area contributed by atoms with E-state index in [2.05, 4.69) is 53.5 Å². The van der Waals surface area contributed by atoms with Gasteiger partial charge in [0.2, 0.25) is 0 Å². The Kier molecular flexibility index (Phi) is 4.32. The van der Waals surface area contributed by atoms with E-state index in [0.29, 0.717) is 11.5 Å². The van der Waals surface area contributed by atoms with Crippen LogP contribution >= 0.6 is 27.3 Å². The fourth-order valence-corrected chi connectivity index (χ4v) is 5.37. The van der Waals surface area contributed by atoms with E-state index in [9.17, 15) is 0 Å². The van der Waals surface area contributed by atoms with Crippen LogP contribution in [0.4, 0.5) is 0 Å². The summed E-state index contributed by atoms with van der Waals surface area (Å²) < 4.78 is 1.31. The maximum atomic E-state index is 3.70. The molecule has 0 aliphatic heterocycles. The maximum absolute atomic E-state index is 3.70. The molecule has 0 aromatic carbocycles. The second-order valence-electron chi connectivity index (χ2n) is 4.97. The van der Waals surface area contributed by atoms with Gasteiger partial charge in [-0.05, 0) is 58.6 Å². The molecule has 1 nitrogen and oxygen atoms in total. The Bertz CT molecular complexity index is 370. The summed E-state index contributed by atoms with van der Waals surface area (Å²) in [4.78, 5) is 1.56. The summed E-state index contributed by atoms with van der Waals surface area (Å²) in [5, 5.41) is 5.88. The minimum Gasteiger partial charge on any atom is -0.314 e. The lowest BCUT2D eigenvalue weighted by Gasteiger charge is -2.56. The molecule has 2 atom stereocenters. The predicted molar refractivity (Wildman–Crippen MR) is 79.9 cm³/mol. The molecule has 2 rings (SSSR count). The van der Waals surface area contributed by atoms with E-state index >= 15 is 0 Å². The monoisotopic (exact) mass is 315 g/mol. The van der Waals surface area contributed by atoms with Crippen molar-refractivity contribution in [2.45, 2.75) is 52.0 Å². The number of halogens is 1. The Morgan fingerprint density at radius 1 is 1.41 bits per heavy atom. The molecular formula is C14H22BrNS. The Labute approximate surface area is 117 Å². The zero-order valence-electron chi connectivity index (χ0n) is 10.9. The van der Waals surface area contributed by atoms with Crippen molar-refractivity contribution in [3.05, 3.63) is 20.8 Å². The first kappa shape index (κ1) is 13.6. The quantitative estimate of drug-likeness (QED) is 0.824. The molecule has 96 valence electrons. The van der Waals surface area contributed by atoms with Crippen LogP contribution in [0.3, 0.4) is 0 Å². The van der Waals surface area contributed by atoms with Crippen LogP contribution in [0.1, 0.15) is 50.8 Å². The van der Waals surface area contributed by atoms with Crippen molar-refractivity contribution >= 4 is 27.3 Å². The number of thiophene rings is 1. The first-order valence-electron chi connectivity index (χ1n) is 6.65. The molecule has 0 saturated heterocycles. The zero-order valence-corrected chi connectivity index (χ0v) is 13.3. The smallest absolute Gasteiger partial charge is 0.0317 e. The topological polar surface area (TPSA) is 12.0 Å². The highest BCUT2D eigenvalue weighted by Crippen LogP contribution is 2.59. The van der Waals surface area contributed by atoms with Crippen LogP contribution in [-0.4, -0.2) is 12.6 Å². The number of hydrogen-bond donors (Lipinski definition) is 1. The van der Waals surface area contributed by atoms with E-state index in [-0.39, 0.29) is 0 Å². The molecule has 1 heterocycles. The highest BCUT2D eigenvalue weighted by molar-refractivity contribution is 9.10. The van der Waals surface area contributed by atoms with Crippen molar-refractivity contribution in [3.63, 3.8) is 0 Å². The number of nitrogens with one attached hydrogen (secondary N) is 1. The Morgan fingerprint density at radius 2 is 2.12 bits per heavy atom. The molecule has 1 aliphatic rings. The Hall–Kier alpha value is 0.140. The Balaban J connectivity index is 2.23. The van der Waals surface area contributed by atoms with Crippen molar-refractivity contribution in [1.82, 2.24) is 5.32 Å². The van der Waals surface area contributed by atoms with Crippen LogP contribution in [0, 0.1) is 5.41 Å². The fourth-order valence-electron chi connectivity index (χ4n) is 3.48. The average molecular weight is 316 g/mol. The first-order valence-corrected chi connectivity index (χ1v) is 8.33. The third-order valence-corrected chi connectivity index (χ3v) is 6.57. The van der Waals surface area contributed by atoms with Gasteiger partial charge >= 0.3 is 0 Å². The second-order valence-corrected chi connectivity index (χ2v) is 6.77. The van der Waals surface area contributed by atoms with E-state index in [1.165, 1.54) is 23.7 Å². The lowest BCUT2D eigenvalue weighted by Crippen LogP contribution is -2.57. The molecule has 17 heavy (non-hydrogen) atoms. The summed E-state index contributed by atoms with van der Waals surface area (Å²) in [6.07, 6.45) is 3.85. The van der Waals surface area contributed by atoms with Gasteiger partial charge in [0, 0.05) is 21.3 Å². The standard InChI is InChI=1S/C14H22BrNS/c1-4-14(5-2)10(9-12(14)16-6-3)13-11(15)7-8-17-13/h7-8,10,12,16H,4-6,9H2,1-3H3. The van der Waals surface area contributed by atoms with Crippen molar-refractivity contribution < 1.29 is 0 Å². The first-order chi connectivity index (χ1) is 8.19. The minimum atomic E-state index is 0.476. The van der Waals surface area contributed by atoms with Gasteiger partial charge in [-0.15, -0.1) is 11.3 Å². The van der Waals surface area contributed by atoms with E-state index in [0.717, 1.165) is 12.5 Å². The lowest BCUT2D eigenvalue weighted by atomic mass is 9.53. The molecule has 2 unspecified atom stereocenters. The fraction of sp³-hybridized carbons (Fsp3) is 0.714. The highest BCUT2D eigenvalue weighted by atomic mass is 79.9. The Morgan fingerprint density at radius 3 is 2.59 bits per heavy atom. The van der Waals surface area contributed by atoms with Crippen molar-refractivity contribution in [2.75, 3.05) is 6.54 Å². The van der Waals surface area contributed by atoms with Crippen LogP contribution in [-0.2, 0) is 0 Å². The van der Waals surface area contributed by atoms with Gasteiger partial charge in [0.1, 0.15) is 0 Å². The van der Waals surface area contributed by atoms with Gasteiger partial charge < -0.3 is 5.32 Å². The number of hydrogen-bond acceptors (Lipinski definition) is 2. The third-order valence-electron chi connectivity index (χ3n) is 4.59. The summed E-state index contributed by atoms with van der Waals surface area (Å²) >= 11 is 5.61. The molecule has 1 aromatic heterocycles. The molecule has 1 saturated carbocycles. The van der Waals surface area contributed by atoms with E-state index in [4.69, 9.17) is 0 Å². The highest BCUT2D eigenvalue weighted by Gasteiger charge is 2.53. The molecular weight excluding hydrogens is 294 g/mol. The van der Waals surface area contributed by atoms with E-state index in [1.807, 2.05) is 11.3 Å². The van der Waals surface area contributed by atoms with Crippen LogP contribution in [0.25, 0.3) is 0 Å². The molecule has 1 aliphatic carbocycles. The molecule has 1 N–H and O–H groups in total. The van der Waals surface area contributed by atoms with Crippen LogP contribution in [0.5, 0.6) is 0 Å². The molecule has 1 aromatic rings. The SMILES string of the molecule is CCNC1CC(c2sccc2Br)C1(CC)CC. The normalized spacial score (nSPS) is 26.8. The van der Waals surface area contributed by atoms with Gasteiger partial charge in [0.25, 0.3) is 0 Å². The van der Waals surface area contributed by atoms with E-state index in [1.54, 1.807) is 4.88 Å². The zero-order chi connectivity index (χ0) is 12.5. The summed E-state index contributed by atoms with van der Waals surface area (Å²) in [6.45, 7) is 8.00. The molecule has 0 amide bonds. The second kappa shape index (κ2) is 5.41. The largest absolute Gasteiger partial charge is 0.314 e. The molecule has 0 radical (unpaired) electrons. The molecule has 1 fully saturated rings. The summed E-state index contributed by atoms with van der Waals surface area (Å²) in [6, 6.07) is 2.90. The minimum absolute atomic E-state index is 0.476. The summed E-state index contributed by atoms with van der Waals surface area (Å²) in [7, 11) is 0. The molecule has 0 spiro atoms. The number of rotatable bonds is 5. The third kappa shape index (κ3) is 2.11. The van der Waals surface area contributed by atoms with Gasteiger partial charge in [-0.25, -0.2) is 0 Å². The van der Waals surface area contributed by atoms with Gasteiger partial charge in [-0.2, -0.15) is 0 Å². The van der Waals surface area contributed by atoms with E-state index < -0.39 is 0 Å². The maximum Gasteiger partial charge on any atom is 0.0317 e. The van der Waals surface area contributed by atoms with Crippen molar-refractivity contribution in [1.29, 1.82) is 0 Å². The van der Waals surface area contributed by atoms with Crippen LogP contribution in [0.15, 0.2) is 15.9 Å². The van der Waals surface area contributed by atoms with Gasteiger partial charge in [0.15, 0.2) is 0 Å². The average Bonchev–Trinajstić information content (AvgIpc) is 2.72. The summed E-state index contributed by atoms with van der Waals surface area (Å²) in [5.74, 6) is 0.746. The van der Waals surface area contributed by atoms with Gasteiger partial charge in [-0.1, -0.05) is 20.8 Å². The molecule has 0 bridgehead atoms. The van der Waals surface area contributed by atoms with Crippen molar-refractivity contribution in [3.8, 4) is 0 Å². The predicted octanol–water partition coefficient (Wildman–Crippen LogP) is 4.78. The summed E-state index contributed by atoms with van der Waals surface area (Å²) in [5.41, 5.74) is 0.476. The lowest BCUT2D eigenvalue weighted by molar-refractivity contribution is 0.0226. The van der Waals surface area contributed by atoms with Crippen molar-refractivity contribution in [2.24, 2.45) is 5.41 Å². The van der Waals surface area contributed by atoms with Gasteiger partial charge in [-0.3, -0.25) is 0 Å². The van der Waals surface area contributed by atoms with Crippen LogP contribution < -0.4 is 5.32 Å². The van der Waals surface area contributed by atoms with Gasteiger partial charge in [0.05, 0.1) is 0 Å². The van der Waals surface area contributed by atoms with Crippen LogP contribution in [0.2, 0.25) is 0 Å². The molecule has 3 heteroatoms.